The highest BCUT2D eigenvalue weighted by atomic mass is 16.5. The second kappa shape index (κ2) is 6.24. The molecule has 3 atom stereocenters. The molecule has 1 aromatic heterocycles. The van der Waals surface area contributed by atoms with Crippen LogP contribution >= 0.6 is 0 Å². The van der Waals surface area contributed by atoms with E-state index in [4.69, 9.17) is 9.15 Å². The highest BCUT2D eigenvalue weighted by Gasteiger charge is 2.44. The van der Waals surface area contributed by atoms with Crippen LogP contribution in [0.4, 0.5) is 5.69 Å². The van der Waals surface area contributed by atoms with Crippen molar-refractivity contribution in [3.63, 3.8) is 0 Å². The van der Waals surface area contributed by atoms with Gasteiger partial charge in [-0.3, -0.25) is 0 Å². The maximum absolute atomic E-state index is 13.0. The van der Waals surface area contributed by atoms with Gasteiger partial charge in [0, 0.05) is 28.3 Å². The van der Waals surface area contributed by atoms with E-state index in [1.165, 1.54) is 5.56 Å². The molecule has 0 fully saturated rings. The Kier molecular flexibility index (Phi) is 3.54. The van der Waals surface area contributed by atoms with E-state index in [-0.39, 0.29) is 23.5 Å². The molecule has 4 aromatic rings. The molecule has 0 saturated heterocycles. The second-order valence-corrected chi connectivity index (χ2v) is 7.70. The van der Waals surface area contributed by atoms with Crippen LogP contribution in [0, 0.1) is 5.92 Å². The van der Waals surface area contributed by atoms with E-state index in [1.807, 2.05) is 48.5 Å². The molecule has 0 spiro atoms. The average Bonchev–Trinajstić information content (AvgIpc) is 2.78. The summed E-state index contributed by atoms with van der Waals surface area (Å²) in [6, 6.07) is 26.2. The summed E-state index contributed by atoms with van der Waals surface area (Å²) in [7, 11) is 0. The number of rotatable bonds is 1. The summed E-state index contributed by atoms with van der Waals surface area (Å²) in [6.45, 7) is 0.586. The highest BCUT2D eigenvalue weighted by Crippen LogP contribution is 2.52. The molecule has 0 saturated carbocycles. The van der Waals surface area contributed by atoms with Gasteiger partial charge in [-0.15, -0.1) is 0 Å². The molecule has 142 valence electrons. The zero-order chi connectivity index (χ0) is 19.4. The average molecular weight is 381 g/mol. The van der Waals surface area contributed by atoms with Gasteiger partial charge in [0.15, 0.2) is 0 Å². The van der Waals surface area contributed by atoms with Gasteiger partial charge >= 0.3 is 5.63 Å². The van der Waals surface area contributed by atoms with Crippen molar-refractivity contribution in [1.29, 1.82) is 0 Å². The molecule has 4 heteroatoms. The second-order valence-electron chi connectivity index (χ2n) is 7.70. The predicted molar refractivity (Wildman–Crippen MR) is 113 cm³/mol. The van der Waals surface area contributed by atoms with Crippen LogP contribution in [0.5, 0.6) is 5.75 Å². The molecule has 4 nitrogen and oxygen atoms in total. The van der Waals surface area contributed by atoms with Crippen LogP contribution in [0.2, 0.25) is 0 Å². The summed E-state index contributed by atoms with van der Waals surface area (Å²) in [4.78, 5) is 13.0. The summed E-state index contributed by atoms with van der Waals surface area (Å²) in [5.41, 5.74) is 4.14. The molecular formula is C25H19NO3. The molecule has 3 aromatic carbocycles. The number of fused-ring (bicyclic) bond motifs is 6. The van der Waals surface area contributed by atoms with Crippen molar-refractivity contribution >= 4 is 16.7 Å². The molecule has 1 N–H and O–H groups in total. The minimum Gasteiger partial charge on any atom is -0.493 e. The van der Waals surface area contributed by atoms with E-state index in [9.17, 15) is 4.79 Å². The molecule has 0 bridgehead atoms. The lowest BCUT2D eigenvalue weighted by molar-refractivity contribution is 0.183. The topological polar surface area (TPSA) is 51.5 Å². The van der Waals surface area contributed by atoms with Crippen LogP contribution in [0.15, 0.2) is 88.1 Å². The first-order valence-corrected chi connectivity index (χ1v) is 9.90. The van der Waals surface area contributed by atoms with E-state index in [1.54, 1.807) is 0 Å². The Morgan fingerprint density at radius 2 is 1.62 bits per heavy atom. The molecule has 2 aliphatic heterocycles. The fourth-order valence-corrected chi connectivity index (χ4v) is 4.93. The normalized spacial score (nSPS) is 22.0. The largest absolute Gasteiger partial charge is 0.493 e. The Labute approximate surface area is 167 Å². The molecule has 0 unspecified atom stereocenters. The van der Waals surface area contributed by atoms with Crippen molar-refractivity contribution in [1.82, 2.24) is 0 Å². The standard InChI is InChI=1S/C25H19NO3/c27-25-24-22(16-10-4-7-13-20(16)29-25)21(15-8-2-1-3-9-15)18-14-28-19-12-6-5-11-17(19)23(18)26-24/h1-13,18,21,23,26H,14H2/t18-,21-,23+/m0/s1. The van der Waals surface area contributed by atoms with Crippen molar-refractivity contribution in [3.8, 4) is 5.75 Å². The SMILES string of the molecule is O=c1oc2ccccc2c2c1N[C@@H]1c3ccccc3OC[C@H]1[C@@H]2c1ccccc1. The van der Waals surface area contributed by atoms with E-state index >= 15 is 0 Å². The first-order chi connectivity index (χ1) is 14.3. The van der Waals surface area contributed by atoms with Crippen LogP contribution in [0.25, 0.3) is 11.0 Å². The third-order valence-corrected chi connectivity index (χ3v) is 6.16. The number of ether oxygens (including phenoxy) is 1. The first kappa shape index (κ1) is 16.4. The zero-order valence-corrected chi connectivity index (χ0v) is 15.7. The Balaban J connectivity index is 1.67. The van der Waals surface area contributed by atoms with Crippen molar-refractivity contribution in [2.45, 2.75) is 12.0 Å². The smallest absolute Gasteiger partial charge is 0.360 e. The number of para-hydroxylation sites is 2. The van der Waals surface area contributed by atoms with Gasteiger partial charge in [0.2, 0.25) is 0 Å². The molecule has 2 aliphatic rings. The lowest BCUT2D eigenvalue weighted by atomic mass is 9.71. The Morgan fingerprint density at radius 1 is 0.862 bits per heavy atom. The van der Waals surface area contributed by atoms with Crippen molar-refractivity contribution in [2.75, 3.05) is 11.9 Å². The van der Waals surface area contributed by atoms with Crippen LogP contribution in [0.3, 0.4) is 0 Å². The molecule has 0 amide bonds. The lowest BCUT2D eigenvalue weighted by Crippen LogP contribution is -2.40. The van der Waals surface area contributed by atoms with Crippen molar-refractivity contribution in [2.24, 2.45) is 5.92 Å². The van der Waals surface area contributed by atoms with Crippen LogP contribution in [-0.2, 0) is 0 Å². The minimum absolute atomic E-state index is 0.0123. The maximum Gasteiger partial charge on any atom is 0.360 e. The molecule has 6 rings (SSSR count). The highest BCUT2D eigenvalue weighted by molar-refractivity contribution is 5.87. The Morgan fingerprint density at radius 3 is 2.52 bits per heavy atom. The third kappa shape index (κ3) is 2.42. The third-order valence-electron chi connectivity index (χ3n) is 6.16. The summed E-state index contributed by atoms with van der Waals surface area (Å²) in [5, 5.41) is 4.50. The van der Waals surface area contributed by atoms with Gasteiger partial charge in [-0.05, 0) is 17.7 Å². The van der Waals surface area contributed by atoms with Crippen molar-refractivity contribution in [3.05, 3.63) is 106 Å². The number of hydrogen-bond acceptors (Lipinski definition) is 4. The molecular weight excluding hydrogens is 362 g/mol. The van der Waals surface area contributed by atoms with Crippen LogP contribution < -0.4 is 15.7 Å². The maximum atomic E-state index is 13.0. The van der Waals surface area contributed by atoms with Gasteiger partial charge in [-0.1, -0.05) is 66.7 Å². The molecule has 0 aliphatic carbocycles. The fraction of sp³-hybridized carbons (Fsp3) is 0.160. The predicted octanol–water partition coefficient (Wildman–Crippen LogP) is 5.10. The number of benzene rings is 3. The van der Waals surface area contributed by atoms with Gasteiger partial charge in [0.05, 0.1) is 12.6 Å². The minimum atomic E-state index is -0.318. The summed E-state index contributed by atoms with van der Waals surface area (Å²) in [5.74, 6) is 1.06. The number of anilines is 1. The summed E-state index contributed by atoms with van der Waals surface area (Å²) >= 11 is 0. The number of hydrogen-bond donors (Lipinski definition) is 1. The first-order valence-electron chi connectivity index (χ1n) is 9.90. The molecule has 3 heterocycles. The van der Waals surface area contributed by atoms with E-state index in [0.29, 0.717) is 17.9 Å². The van der Waals surface area contributed by atoms with Gasteiger partial charge in [-0.25, -0.2) is 4.79 Å². The lowest BCUT2D eigenvalue weighted by Gasteiger charge is -2.43. The van der Waals surface area contributed by atoms with Gasteiger partial charge < -0.3 is 14.5 Å². The Bertz CT molecular complexity index is 1280. The van der Waals surface area contributed by atoms with E-state index < -0.39 is 0 Å². The van der Waals surface area contributed by atoms with Crippen molar-refractivity contribution < 1.29 is 9.15 Å². The van der Waals surface area contributed by atoms with Gasteiger partial charge in [-0.2, -0.15) is 0 Å². The quantitative estimate of drug-likeness (QED) is 0.466. The monoisotopic (exact) mass is 381 g/mol. The van der Waals surface area contributed by atoms with Crippen LogP contribution in [-0.4, -0.2) is 6.61 Å². The molecule has 0 radical (unpaired) electrons. The van der Waals surface area contributed by atoms with Crippen LogP contribution in [0.1, 0.15) is 28.7 Å². The van der Waals surface area contributed by atoms with Gasteiger partial charge in [0.25, 0.3) is 0 Å². The van der Waals surface area contributed by atoms with E-state index in [0.717, 1.165) is 22.3 Å². The summed E-state index contributed by atoms with van der Waals surface area (Å²) < 4.78 is 11.8. The fourth-order valence-electron chi connectivity index (χ4n) is 4.93. The summed E-state index contributed by atoms with van der Waals surface area (Å²) in [6.07, 6.45) is 0. The number of nitrogens with one attached hydrogen (secondary N) is 1. The van der Waals surface area contributed by atoms with Gasteiger partial charge in [0.1, 0.15) is 17.0 Å². The zero-order valence-electron chi connectivity index (χ0n) is 15.7. The Hall–Kier alpha value is -3.53. The van der Waals surface area contributed by atoms with E-state index in [2.05, 4.69) is 35.6 Å². The molecule has 29 heavy (non-hydrogen) atoms.